The molecule has 4 nitrogen and oxygen atoms in total. The smallest absolute Gasteiger partial charge is 0.135 e. The lowest BCUT2D eigenvalue weighted by molar-refractivity contribution is 0.285. The van der Waals surface area contributed by atoms with Gasteiger partial charge in [0.25, 0.3) is 0 Å². The van der Waals surface area contributed by atoms with Crippen molar-refractivity contribution >= 4 is 11.6 Å². The minimum atomic E-state index is 0.340. The molecule has 0 radical (unpaired) electrons. The Hall–Kier alpha value is -1.32. The molecule has 1 aromatic rings. The van der Waals surface area contributed by atoms with E-state index in [0.29, 0.717) is 12.0 Å². The van der Waals surface area contributed by atoms with Crippen LogP contribution in [-0.2, 0) is 0 Å². The van der Waals surface area contributed by atoms with Crippen LogP contribution in [0.5, 0.6) is 0 Å². The van der Waals surface area contributed by atoms with E-state index in [1.807, 2.05) is 0 Å². The van der Waals surface area contributed by atoms with E-state index in [1.54, 1.807) is 0 Å². The maximum Gasteiger partial charge on any atom is 0.135 e. The zero-order chi connectivity index (χ0) is 15.4. The van der Waals surface area contributed by atoms with E-state index in [-0.39, 0.29) is 0 Å². The molecular formula is C17H30N4. The first kappa shape index (κ1) is 16.1. The third-order valence-electron chi connectivity index (χ3n) is 4.44. The Kier molecular flexibility index (Phi) is 5.43. The highest BCUT2D eigenvalue weighted by molar-refractivity contribution is 5.57. The van der Waals surface area contributed by atoms with Crippen molar-refractivity contribution in [2.45, 2.75) is 72.3 Å². The van der Waals surface area contributed by atoms with Gasteiger partial charge in [-0.1, -0.05) is 27.2 Å². The van der Waals surface area contributed by atoms with E-state index in [0.717, 1.165) is 41.9 Å². The molecule has 0 aromatic carbocycles. The highest BCUT2D eigenvalue weighted by Crippen LogP contribution is 2.32. The van der Waals surface area contributed by atoms with Crippen LogP contribution >= 0.6 is 0 Å². The van der Waals surface area contributed by atoms with Crippen LogP contribution in [-0.4, -0.2) is 22.6 Å². The van der Waals surface area contributed by atoms with Crippen molar-refractivity contribution in [1.82, 2.24) is 9.97 Å². The Morgan fingerprint density at radius 1 is 1.14 bits per heavy atom. The zero-order valence-corrected chi connectivity index (χ0v) is 14.2. The van der Waals surface area contributed by atoms with E-state index < -0.39 is 0 Å². The minimum absolute atomic E-state index is 0.340. The van der Waals surface area contributed by atoms with Gasteiger partial charge in [0.15, 0.2) is 0 Å². The second kappa shape index (κ2) is 7.10. The van der Waals surface area contributed by atoms with Gasteiger partial charge in [-0.2, -0.15) is 0 Å². The zero-order valence-electron chi connectivity index (χ0n) is 14.2. The molecule has 118 valence electrons. The van der Waals surface area contributed by atoms with Crippen LogP contribution < -0.4 is 10.6 Å². The fraction of sp³-hybridized carbons (Fsp3) is 0.765. The largest absolute Gasteiger partial charge is 0.370 e. The van der Waals surface area contributed by atoms with Crippen molar-refractivity contribution in [2.24, 2.45) is 5.92 Å². The molecule has 0 amide bonds. The first-order chi connectivity index (χ1) is 10.0. The summed E-state index contributed by atoms with van der Waals surface area (Å²) in [5.41, 5.74) is 1.14. The van der Waals surface area contributed by atoms with Gasteiger partial charge in [0.2, 0.25) is 0 Å². The van der Waals surface area contributed by atoms with Crippen molar-refractivity contribution < 1.29 is 0 Å². The maximum atomic E-state index is 4.76. The minimum Gasteiger partial charge on any atom is -0.370 e. The second-order valence-corrected chi connectivity index (χ2v) is 6.61. The predicted molar refractivity (Wildman–Crippen MR) is 90.1 cm³/mol. The van der Waals surface area contributed by atoms with E-state index in [2.05, 4.69) is 45.3 Å². The lowest BCUT2D eigenvalue weighted by Gasteiger charge is -2.32. The van der Waals surface area contributed by atoms with Gasteiger partial charge in [0, 0.05) is 24.1 Å². The molecule has 1 saturated carbocycles. The fourth-order valence-electron chi connectivity index (χ4n) is 2.62. The molecule has 0 aliphatic heterocycles. The molecule has 0 spiro atoms. The molecule has 1 atom stereocenters. The van der Waals surface area contributed by atoms with Gasteiger partial charge < -0.3 is 10.6 Å². The third-order valence-corrected chi connectivity index (χ3v) is 4.44. The molecule has 4 heteroatoms. The van der Waals surface area contributed by atoms with E-state index in [1.165, 1.54) is 19.3 Å². The van der Waals surface area contributed by atoms with E-state index in [9.17, 15) is 0 Å². The summed E-state index contributed by atoms with van der Waals surface area (Å²) in [4.78, 5) is 9.45. The quantitative estimate of drug-likeness (QED) is 0.784. The van der Waals surface area contributed by atoms with Gasteiger partial charge in [0.05, 0.1) is 0 Å². The van der Waals surface area contributed by atoms with Crippen LogP contribution in [0.2, 0.25) is 0 Å². The third kappa shape index (κ3) is 3.86. The summed E-state index contributed by atoms with van der Waals surface area (Å²) < 4.78 is 0. The van der Waals surface area contributed by atoms with Crippen molar-refractivity contribution in [3.05, 3.63) is 11.4 Å². The number of anilines is 2. The number of nitrogens with one attached hydrogen (secondary N) is 2. The van der Waals surface area contributed by atoms with Gasteiger partial charge in [0.1, 0.15) is 17.5 Å². The number of rotatable bonds is 7. The van der Waals surface area contributed by atoms with Crippen molar-refractivity contribution in [1.29, 1.82) is 0 Å². The number of hydrogen-bond acceptors (Lipinski definition) is 4. The second-order valence-electron chi connectivity index (χ2n) is 6.61. The van der Waals surface area contributed by atoms with Crippen molar-refractivity contribution in [3.8, 4) is 0 Å². The molecule has 1 aromatic heterocycles. The maximum absolute atomic E-state index is 4.76. The van der Waals surface area contributed by atoms with Crippen LogP contribution in [0.1, 0.15) is 70.7 Å². The monoisotopic (exact) mass is 290 g/mol. The molecule has 1 aliphatic carbocycles. The van der Waals surface area contributed by atoms with E-state index in [4.69, 9.17) is 9.97 Å². The summed E-state index contributed by atoms with van der Waals surface area (Å²) in [6.45, 7) is 11.8. The highest BCUT2D eigenvalue weighted by atomic mass is 15.1. The molecular weight excluding hydrogens is 260 g/mol. The Labute approximate surface area is 129 Å². The number of nitrogens with zero attached hydrogens (tertiary/aromatic N) is 2. The van der Waals surface area contributed by atoms with Crippen LogP contribution in [0.15, 0.2) is 0 Å². The van der Waals surface area contributed by atoms with Gasteiger partial charge >= 0.3 is 0 Å². The topological polar surface area (TPSA) is 49.8 Å². The average Bonchev–Trinajstić information content (AvgIpc) is 2.37. The molecule has 1 aliphatic rings. The van der Waals surface area contributed by atoms with E-state index >= 15 is 0 Å². The van der Waals surface area contributed by atoms with Gasteiger partial charge in [-0.05, 0) is 39.0 Å². The molecule has 2 rings (SSSR count). The van der Waals surface area contributed by atoms with Gasteiger partial charge in [-0.3, -0.25) is 0 Å². The number of aromatic nitrogens is 2. The van der Waals surface area contributed by atoms with Crippen LogP contribution in [0.4, 0.5) is 11.6 Å². The first-order valence-corrected chi connectivity index (χ1v) is 8.41. The molecule has 1 heterocycles. The summed E-state index contributed by atoms with van der Waals surface area (Å²) >= 11 is 0. The molecule has 1 unspecified atom stereocenters. The predicted octanol–water partition coefficient (Wildman–Crippen LogP) is 4.33. The molecule has 0 bridgehead atoms. The summed E-state index contributed by atoms with van der Waals surface area (Å²) in [5, 5.41) is 7.07. The highest BCUT2D eigenvalue weighted by Gasteiger charge is 2.25. The SMILES string of the molecule is CCCNc1nc(C(C)C)nc(NC(C)C2CCC2)c1C. The standard InChI is InChI=1S/C17H30N4/c1-6-10-18-16-12(4)17(21-15(20-16)11(2)3)19-13(5)14-8-7-9-14/h11,13-14H,6-10H2,1-5H3,(H2,18,19,20,21). The lowest BCUT2D eigenvalue weighted by Crippen LogP contribution is -2.31. The molecule has 2 N–H and O–H groups in total. The summed E-state index contributed by atoms with van der Waals surface area (Å²) in [5.74, 6) is 4.05. The summed E-state index contributed by atoms with van der Waals surface area (Å²) in [7, 11) is 0. The van der Waals surface area contributed by atoms with Crippen LogP contribution in [0.25, 0.3) is 0 Å². The molecule has 0 saturated heterocycles. The Morgan fingerprint density at radius 2 is 1.81 bits per heavy atom. The summed E-state index contributed by atoms with van der Waals surface area (Å²) in [6, 6.07) is 0.492. The fourth-order valence-corrected chi connectivity index (χ4v) is 2.62. The molecule has 1 fully saturated rings. The lowest BCUT2D eigenvalue weighted by atomic mass is 9.80. The Balaban J connectivity index is 2.22. The first-order valence-electron chi connectivity index (χ1n) is 8.41. The number of hydrogen-bond donors (Lipinski definition) is 2. The Morgan fingerprint density at radius 3 is 2.33 bits per heavy atom. The molecule has 21 heavy (non-hydrogen) atoms. The summed E-state index contributed by atoms with van der Waals surface area (Å²) in [6.07, 6.45) is 5.16. The van der Waals surface area contributed by atoms with Crippen LogP contribution in [0.3, 0.4) is 0 Å². The normalized spacial score (nSPS) is 16.7. The van der Waals surface area contributed by atoms with Crippen molar-refractivity contribution in [3.63, 3.8) is 0 Å². The average molecular weight is 290 g/mol. The van der Waals surface area contributed by atoms with Crippen LogP contribution in [0, 0.1) is 12.8 Å². The van der Waals surface area contributed by atoms with Crippen molar-refractivity contribution in [2.75, 3.05) is 17.2 Å². The Bertz CT molecular complexity index is 466. The van der Waals surface area contributed by atoms with Gasteiger partial charge in [-0.15, -0.1) is 0 Å². The van der Waals surface area contributed by atoms with Gasteiger partial charge in [-0.25, -0.2) is 9.97 Å².